The summed E-state index contributed by atoms with van der Waals surface area (Å²) < 4.78 is 1.83. The molecule has 3 N–H and O–H groups in total. The van der Waals surface area contributed by atoms with Crippen LogP contribution in [0.25, 0.3) is 11.0 Å². The Morgan fingerprint density at radius 3 is 2.57 bits per heavy atom. The van der Waals surface area contributed by atoms with Crippen molar-refractivity contribution in [2.24, 2.45) is 5.73 Å². The lowest BCUT2D eigenvalue weighted by atomic mass is 10.1. The van der Waals surface area contributed by atoms with Crippen LogP contribution in [0, 0.1) is 6.92 Å². The molecule has 130 valence electrons. The summed E-state index contributed by atoms with van der Waals surface area (Å²) in [6, 6.07) is 2.08. The SMILES string of the molecule is Cc1cc(C(=O)NCCC(C)N)c2cnn(C(C)C)c2n1.Cl.Cl. The largest absolute Gasteiger partial charge is 0.352 e. The quantitative estimate of drug-likeness (QED) is 0.856. The molecule has 1 atom stereocenters. The van der Waals surface area contributed by atoms with E-state index < -0.39 is 0 Å². The molecule has 23 heavy (non-hydrogen) atoms. The lowest BCUT2D eigenvalue weighted by Gasteiger charge is -2.10. The Hall–Kier alpha value is -1.37. The first-order valence-corrected chi connectivity index (χ1v) is 7.28. The molecule has 0 saturated heterocycles. The van der Waals surface area contributed by atoms with Gasteiger partial charge in [0.25, 0.3) is 5.91 Å². The highest BCUT2D eigenvalue weighted by Crippen LogP contribution is 2.20. The number of aromatic nitrogens is 3. The fourth-order valence-corrected chi connectivity index (χ4v) is 2.22. The fourth-order valence-electron chi connectivity index (χ4n) is 2.22. The number of fused-ring (bicyclic) bond motifs is 1. The molecule has 0 aliphatic carbocycles. The molecule has 0 aromatic carbocycles. The minimum Gasteiger partial charge on any atom is -0.352 e. The van der Waals surface area contributed by atoms with E-state index in [0.29, 0.717) is 12.1 Å². The van der Waals surface area contributed by atoms with Gasteiger partial charge in [-0.15, -0.1) is 24.8 Å². The number of rotatable bonds is 5. The zero-order valence-corrected chi connectivity index (χ0v) is 15.5. The Balaban J connectivity index is 0.00000242. The number of carbonyl (C=O) groups is 1. The molecular weight excluding hydrogens is 337 g/mol. The molecule has 0 spiro atoms. The Kier molecular flexibility index (Phi) is 8.52. The summed E-state index contributed by atoms with van der Waals surface area (Å²) in [5.74, 6) is -0.102. The van der Waals surface area contributed by atoms with Crippen LogP contribution < -0.4 is 11.1 Å². The maximum absolute atomic E-state index is 12.4. The third-order valence-electron chi connectivity index (χ3n) is 3.31. The highest BCUT2D eigenvalue weighted by atomic mass is 35.5. The number of carbonyl (C=O) groups excluding carboxylic acids is 1. The van der Waals surface area contributed by atoms with Gasteiger partial charge in [0.05, 0.1) is 17.1 Å². The van der Waals surface area contributed by atoms with Crippen molar-refractivity contribution in [3.05, 3.63) is 23.5 Å². The number of hydrogen-bond acceptors (Lipinski definition) is 4. The zero-order valence-electron chi connectivity index (χ0n) is 13.9. The van der Waals surface area contributed by atoms with Crippen LogP contribution in [0.5, 0.6) is 0 Å². The van der Waals surface area contributed by atoms with Crippen molar-refractivity contribution in [3.63, 3.8) is 0 Å². The lowest BCUT2D eigenvalue weighted by molar-refractivity contribution is 0.0954. The molecule has 2 aromatic heterocycles. The van der Waals surface area contributed by atoms with E-state index in [1.165, 1.54) is 0 Å². The maximum atomic E-state index is 12.4. The summed E-state index contributed by atoms with van der Waals surface area (Å²) in [7, 11) is 0. The first kappa shape index (κ1) is 21.6. The van der Waals surface area contributed by atoms with Gasteiger partial charge in [0.15, 0.2) is 5.65 Å². The average Bonchev–Trinajstić information content (AvgIpc) is 2.80. The second kappa shape index (κ2) is 9.05. The van der Waals surface area contributed by atoms with Crippen LogP contribution in [-0.4, -0.2) is 33.3 Å². The molecular formula is C15H25Cl2N5O. The molecule has 8 heteroatoms. The number of amides is 1. The van der Waals surface area contributed by atoms with Crippen molar-refractivity contribution in [2.75, 3.05) is 6.54 Å². The topological polar surface area (TPSA) is 85.8 Å². The van der Waals surface area contributed by atoms with Crippen LogP contribution in [0.15, 0.2) is 12.3 Å². The number of halogens is 2. The number of pyridine rings is 1. The zero-order chi connectivity index (χ0) is 15.6. The van der Waals surface area contributed by atoms with Gasteiger partial charge < -0.3 is 11.1 Å². The van der Waals surface area contributed by atoms with Crippen LogP contribution in [0.2, 0.25) is 0 Å². The van der Waals surface area contributed by atoms with Crippen molar-refractivity contribution < 1.29 is 4.79 Å². The van der Waals surface area contributed by atoms with E-state index in [1.807, 2.05) is 32.4 Å². The van der Waals surface area contributed by atoms with Crippen molar-refractivity contribution in [1.29, 1.82) is 0 Å². The Bertz CT molecular complexity index is 655. The van der Waals surface area contributed by atoms with E-state index >= 15 is 0 Å². The molecule has 2 aromatic rings. The van der Waals surface area contributed by atoms with E-state index in [2.05, 4.69) is 15.4 Å². The van der Waals surface area contributed by atoms with Crippen LogP contribution in [0.4, 0.5) is 0 Å². The maximum Gasteiger partial charge on any atom is 0.252 e. The average molecular weight is 362 g/mol. The smallest absolute Gasteiger partial charge is 0.252 e. The minimum atomic E-state index is -0.102. The van der Waals surface area contributed by atoms with E-state index in [0.717, 1.165) is 23.1 Å². The molecule has 6 nitrogen and oxygen atoms in total. The second-order valence-corrected chi connectivity index (χ2v) is 5.75. The van der Waals surface area contributed by atoms with Crippen molar-refractivity contribution >= 4 is 41.8 Å². The number of nitrogens with zero attached hydrogens (tertiary/aromatic N) is 3. The molecule has 2 rings (SSSR count). The Morgan fingerprint density at radius 1 is 1.35 bits per heavy atom. The summed E-state index contributed by atoms with van der Waals surface area (Å²) in [6.07, 6.45) is 2.46. The number of hydrogen-bond donors (Lipinski definition) is 2. The molecule has 0 fully saturated rings. The monoisotopic (exact) mass is 361 g/mol. The number of nitrogens with two attached hydrogens (primary N) is 1. The molecule has 0 radical (unpaired) electrons. The highest BCUT2D eigenvalue weighted by Gasteiger charge is 2.16. The fraction of sp³-hybridized carbons (Fsp3) is 0.533. The summed E-state index contributed by atoms with van der Waals surface area (Å²) in [5, 5.41) is 8.03. The normalized spacial score (nSPS) is 11.7. The van der Waals surface area contributed by atoms with E-state index in [1.54, 1.807) is 12.3 Å². The first-order valence-electron chi connectivity index (χ1n) is 7.28. The summed E-state index contributed by atoms with van der Waals surface area (Å²) in [5.41, 5.74) is 7.87. The third kappa shape index (κ3) is 5.06. The standard InChI is InChI=1S/C15H23N5O.2ClH/c1-9(2)20-14-13(8-18-20)12(7-11(4)19-14)15(21)17-6-5-10(3)16;;/h7-10H,5-6,16H2,1-4H3,(H,17,21);2*1H. The van der Waals surface area contributed by atoms with Gasteiger partial charge >= 0.3 is 0 Å². The van der Waals surface area contributed by atoms with Crippen molar-refractivity contribution in [1.82, 2.24) is 20.1 Å². The van der Waals surface area contributed by atoms with Crippen LogP contribution >= 0.6 is 24.8 Å². The molecule has 1 amide bonds. The lowest BCUT2D eigenvalue weighted by Crippen LogP contribution is -2.29. The van der Waals surface area contributed by atoms with E-state index in [9.17, 15) is 4.79 Å². The summed E-state index contributed by atoms with van der Waals surface area (Å²) >= 11 is 0. The van der Waals surface area contributed by atoms with Crippen molar-refractivity contribution in [3.8, 4) is 0 Å². The number of nitrogens with one attached hydrogen (secondary N) is 1. The predicted octanol–water partition coefficient (Wildman–Crippen LogP) is 2.63. The van der Waals surface area contributed by atoms with E-state index in [4.69, 9.17) is 5.73 Å². The Labute approximate surface area is 149 Å². The van der Waals surface area contributed by atoms with Gasteiger partial charge in [0.1, 0.15) is 0 Å². The summed E-state index contributed by atoms with van der Waals surface area (Å²) in [6.45, 7) is 8.46. The first-order chi connectivity index (χ1) is 9.90. The van der Waals surface area contributed by atoms with Gasteiger partial charge in [0, 0.05) is 24.3 Å². The molecule has 0 aliphatic heterocycles. The molecule has 0 bridgehead atoms. The van der Waals surface area contributed by atoms with Gasteiger partial charge in [-0.3, -0.25) is 4.79 Å². The van der Waals surface area contributed by atoms with Gasteiger partial charge in [-0.05, 0) is 40.2 Å². The van der Waals surface area contributed by atoms with Gasteiger partial charge in [-0.25, -0.2) is 9.67 Å². The number of aryl methyl sites for hydroxylation is 1. The predicted molar refractivity (Wildman–Crippen MR) is 97.7 cm³/mol. The molecule has 1 unspecified atom stereocenters. The molecule has 0 saturated carbocycles. The minimum absolute atomic E-state index is 0. The van der Waals surface area contributed by atoms with Crippen molar-refractivity contribution in [2.45, 2.75) is 46.2 Å². The van der Waals surface area contributed by atoms with Crippen LogP contribution in [0.3, 0.4) is 0 Å². The van der Waals surface area contributed by atoms with E-state index in [-0.39, 0.29) is 42.8 Å². The van der Waals surface area contributed by atoms with Crippen LogP contribution in [-0.2, 0) is 0 Å². The van der Waals surface area contributed by atoms with Gasteiger partial charge in [-0.2, -0.15) is 5.10 Å². The molecule has 0 aliphatic rings. The summed E-state index contributed by atoms with van der Waals surface area (Å²) in [4.78, 5) is 16.9. The molecule has 2 heterocycles. The van der Waals surface area contributed by atoms with Crippen LogP contribution in [0.1, 0.15) is 49.3 Å². The third-order valence-corrected chi connectivity index (χ3v) is 3.31. The highest BCUT2D eigenvalue weighted by molar-refractivity contribution is 6.05. The Morgan fingerprint density at radius 2 is 2.00 bits per heavy atom. The van der Waals surface area contributed by atoms with Gasteiger partial charge in [-0.1, -0.05) is 0 Å². The van der Waals surface area contributed by atoms with Gasteiger partial charge in [0.2, 0.25) is 0 Å². The second-order valence-electron chi connectivity index (χ2n) is 5.75.